The standard InChI is InChI=1S/C17H18BrFO/c1-10-7-11(2)16(12(3)8-10)17(18)14-9-13(19)5-6-15(14)20-4/h5-9,17H,1-4H3. The molecule has 1 atom stereocenters. The van der Waals surface area contributed by atoms with Gasteiger partial charge in [-0.05, 0) is 55.7 Å². The number of alkyl halides is 1. The predicted octanol–water partition coefficient (Wildman–Crippen LogP) is 5.24. The smallest absolute Gasteiger partial charge is 0.123 e. The molecule has 20 heavy (non-hydrogen) atoms. The molecule has 0 fully saturated rings. The average Bonchev–Trinajstić information content (AvgIpc) is 2.37. The summed E-state index contributed by atoms with van der Waals surface area (Å²) in [4.78, 5) is -0.0891. The number of aryl methyl sites for hydroxylation is 3. The van der Waals surface area contributed by atoms with E-state index < -0.39 is 0 Å². The van der Waals surface area contributed by atoms with E-state index in [1.807, 2.05) is 0 Å². The van der Waals surface area contributed by atoms with Crippen LogP contribution >= 0.6 is 15.9 Å². The van der Waals surface area contributed by atoms with E-state index in [-0.39, 0.29) is 10.6 Å². The monoisotopic (exact) mass is 336 g/mol. The van der Waals surface area contributed by atoms with Crippen molar-refractivity contribution in [2.75, 3.05) is 7.11 Å². The second-order valence-corrected chi connectivity index (χ2v) is 5.98. The molecule has 2 rings (SSSR count). The lowest BCUT2D eigenvalue weighted by molar-refractivity contribution is 0.409. The van der Waals surface area contributed by atoms with E-state index in [2.05, 4.69) is 48.8 Å². The maximum Gasteiger partial charge on any atom is 0.123 e. The van der Waals surface area contributed by atoms with Gasteiger partial charge in [-0.1, -0.05) is 33.6 Å². The molecule has 0 spiro atoms. The molecule has 1 unspecified atom stereocenters. The number of methoxy groups -OCH3 is 1. The third kappa shape index (κ3) is 2.88. The topological polar surface area (TPSA) is 9.23 Å². The molecule has 0 aliphatic rings. The summed E-state index contributed by atoms with van der Waals surface area (Å²) in [5, 5.41) is 0. The van der Waals surface area contributed by atoms with E-state index in [1.54, 1.807) is 13.2 Å². The van der Waals surface area contributed by atoms with Gasteiger partial charge in [0.25, 0.3) is 0 Å². The van der Waals surface area contributed by atoms with Crippen molar-refractivity contribution in [1.29, 1.82) is 0 Å². The Labute approximate surface area is 127 Å². The summed E-state index contributed by atoms with van der Waals surface area (Å²) in [6.07, 6.45) is 0. The molecule has 0 radical (unpaired) electrons. The predicted molar refractivity (Wildman–Crippen MR) is 84.4 cm³/mol. The highest BCUT2D eigenvalue weighted by Crippen LogP contribution is 2.40. The van der Waals surface area contributed by atoms with Crippen molar-refractivity contribution in [3.05, 3.63) is 64.0 Å². The zero-order valence-corrected chi connectivity index (χ0v) is 13.7. The zero-order valence-electron chi connectivity index (χ0n) is 12.1. The summed E-state index contributed by atoms with van der Waals surface area (Å²) in [5.41, 5.74) is 5.59. The Morgan fingerprint density at radius 2 is 1.65 bits per heavy atom. The first-order chi connectivity index (χ1) is 9.43. The second-order valence-electron chi connectivity index (χ2n) is 5.06. The summed E-state index contributed by atoms with van der Waals surface area (Å²) in [6.45, 7) is 6.24. The van der Waals surface area contributed by atoms with Crippen LogP contribution in [0.3, 0.4) is 0 Å². The highest BCUT2D eigenvalue weighted by Gasteiger charge is 2.20. The fourth-order valence-corrected chi connectivity index (χ4v) is 3.73. The van der Waals surface area contributed by atoms with Crippen molar-refractivity contribution < 1.29 is 9.13 Å². The minimum atomic E-state index is -0.257. The van der Waals surface area contributed by atoms with Crippen molar-refractivity contribution in [1.82, 2.24) is 0 Å². The van der Waals surface area contributed by atoms with Gasteiger partial charge < -0.3 is 4.74 Å². The lowest BCUT2D eigenvalue weighted by Gasteiger charge is -2.19. The highest BCUT2D eigenvalue weighted by atomic mass is 79.9. The summed E-state index contributed by atoms with van der Waals surface area (Å²) >= 11 is 3.70. The quantitative estimate of drug-likeness (QED) is 0.696. The zero-order chi connectivity index (χ0) is 14.9. The average molecular weight is 337 g/mol. The first-order valence-corrected chi connectivity index (χ1v) is 7.41. The summed E-state index contributed by atoms with van der Waals surface area (Å²) in [5.74, 6) is 0.431. The van der Waals surface area contributed by atoms with E-state index in [0.29, 0.717) is 5.75 Å². The first-order valence-electron chi connectivity index (χ1n) is 6.49. The molecular formula is C17H18BrFO. The Bertz CT molecular complexity index is 614. The maximum absolute atomic E-state index is 13.5. The summed E-state index contributed by atoms with van der Waals surface area (Å²) in [6, 6.07) is 8.89. The number of halogens is 2. The van der Waals surface area contributed by atoms with Crippen molar-refractivity contribution in [2.45, 2.75) is 25.6 Å². The van der Waals surface area contributed by atoms with Crippen LogP contribution in [0.15, 0.2) is 30.3 Å². The van der Waals surface area contributed by atoms with Crippen molar-refractivity contribution in [3.8, 4) is 5.75 Å². The van der Waals surface area contributed by atoms with Gasteiger partial charge in [0.15, 0.2) is 0 Å². The van der Waals surface area contributed by atoms with E-state index in [1.165, 1.54) is 34.4 Å². The van der Waals surface area contributed by atoms with Gasteiger partial charge in [-0.3, -0.25) is 0 Å². The highest BCUT2D eigenvalue weighted by molar-refractivity contribution is 9.09. The second kappa shape index (κ2) is 5.96. The van der Waals surface area contributed by atoms with Gasteiger partial charge in [-0.25, -0.2) is 4.39 Å². The Morgan fingerprint density at radius 1 is 1.05 bits per heavy atom. The number of hydrogen-bond acceptors (Lipinski definition) is 1. The summed E-state index contributed by atoms with van der Waals surface area (Å²) in [7, 11) is 1.60. The van der Waals surface area contributed by atoms with Crippen molar-refractivity contribution in [3.63, 3.8) is 0 Å². The normalized spacial score (nSPS) is 12.3. The Morgan fingerprint density at radius 3 is 2.20 bits per heavy atom. The van der Waals surface area contributed by atoms with Crippen molar-refractivity contribution >= 4 is 15.9 Å². The van der Waals surface area contributed by atoms with E-state index >= 15 is 0 Å². The minimum Gasteiger partial charge on any atom is -0.496 e. The van der Waals surface area contributed by atoms with Gasteiger partial charge >= 0.3 is 0 Å². The van der Waals surface area contributed by atoms with Gasteiger partial charge in [-0.2, -0.15) is 0 Å². The first kappa shape index (κ1) is 15.0. The van der Waals surface area contributed by atoms with E-state index in [9.17, 15) is 4.39 Å². The molecule has 0 N–H and O–H groups in total. The molecule has 0 aliphatic carbocycles. The maximum atomic E-state index is 13.5. The van der Waals surface area contributed by atoms with Crippen LogP contribution in [0, 0.1) is 26.6 Å². The van der Waals surface area contributed by atoms with Crippen LogP contribution in [0.4, 0.5) is 4.39 Å². The van der Waals surface area contributed by atoms with Crippen LogP contribution in [-0.4, -0.2) is 7.11 Å². The minimum absolute atomic E-state index is 0.0891. The van der Waals surface area contributed by atoms with E-state index in [4.69, 9.17) is 4.74 Å². The molecule has 106 valence electrons. The Kier molecular flexibility index (Phi) is 4.48. The molecule has 0 saturated heterocycles. The van der Waals surface area contributed by atoms with Gasteiger partial charge in [0.2, 0.25) is 0 Å². The number of benzene rings is 2. The van der Waals surface area contributed by atoms with Crippen molar-refractivity contribution in [2.24, 2.45) is 0 Å². The third-order valence-electron chi connectivity index (χ3n) is 3.46. The lowest BCUT2D eigenvalue weighted by Crippen LogP contribution is -2.02. The molecule has 0 saturated carbocycles. The molecule has 2 aromatic carbocycles. The molecular weight excluding hydrogens is 319 g/mol. The fourth-order valence-electron chi connectivity index (χ4n) is 2.65. The number of hydrogen-bond donors (Lipinski definition) is 0. The van der Waals surface area contributed by atoms with Crippen LogP contribution in [0.25, 0.3) is 0 Å². The molecule has 0 aromatic heterocycles. The Balaban J connectivity index is 2.57. The summed E-state index contributed by atoms with van der Waals surface area (Å²) < 4.78 is 18.9. The van der Waals surface area contributed by atoms with Crippen LogP contribution in [0.2, 0.25) is 0 Å². The largest absolute Gasteiger partial charge is 0.496 e. The third-order valence-corrected chi connectivity index (χ3v) is 4.41. The van der Waals surface area contributed by atoms with Gasteiger partial charge in [0.05, 0.1) is 11.9 Å². The van der Waals surface area contributed by atoms with Crippen LogP contribution in [0.5, 0.6) is 5.75 Å². The van der Waals surface area contributed by atoms with E-state index in [0.717, 1.165) is 5.56 Å². The lowest BCUT2D eigenvalue weighted by atomic mass is 9.94. The molecule has 1 nitrogen and oxygen atoms in total. The fraction of sp³-hybridized carbons (Fsp3) is 0.294. The molecule has 0 heterocycles. The molecule has 2 aromatic rings. The van der Waals surface area contributed by atoms with Gasteiger partial charge in [-0.15, -0.1) is 0 Å². The molecule has 0 aliphatic heterocycles. The van der Waals surface area contributed by atoms with Crippen LogP contribution in [0.1, 0.15) is 32.6 Å². The number of rotatable bonds is 3. The van der Waals surface area contributed by atoms with Crippen LogP contribution < -0.4 is 4.74 Å². The van der Waals surface area contributed by atoms with Gasteiger partial charge in [0, 0.05) is 5.56 Å². The van der Waals surface area contributed by atoms with Crippen LogP contribution in [-0.2, 0) is 0 Å². The van der Waals surface area contributed by atoms with Gasteiger partial charge in [0.1, 0.15) is 11.6 Å². The molecule has 0 bridgehead atoms. The SMILES string of the molecule is COc1ccc(F)cc1C(Br)c1c(C)cc(C)cc1C. The Hall–Kier alpha value is -1.35. The number of ether oxygens (including phenoxy) is 1. The molecule has 0 amide bonds. The molecule has 3 heteroatoms.